The van der Waals surface area contributed by atoms with Crippen molar-refractivity contribution < 1.29 is 4.74 Å². The lowest BCUT2D eigenvalue weighted by Crippen LogP contribution is -2.10. The van der Waals surface area contributed by atoms with Gasteiger partial charge in [-0.2, -0.15) is 0 Å². The Labute approximate surface area is 118 Å². The molecule has 0 unspecified atom stereocenters. The lowest BCUT2D eigenvalue weighted by atomic mass is 10.0. The highest BCUT2D eigenvalue weighted by molar-refractivity contribution is 6.31. The molecule has 0 aliphatic carbocycles. The van der Waals surface area contributed by atoms with E-state index in [1.54, 1.807) is 12.4 Å². The Bertz CT molecular complexity index is 545. The molecule has 2 rings (SSSR count). The van der Waals surface area contributed by atoms with Crippen LogP contribution in [-0.2, 0) is 6.61 Å². The van der Waals surface area contributed by atoms with Crippen molar-refractivity contribution in [2.24, 2.45) is 5.73 Å². The predicted octanol–water partition coefficient (Wildman–Crippen LogP) is 3.72. The summed E-state index contributed by atoms with van der Waals surface area (Å²) in [6.07, 6.45) is 4.19. The number of ether oxygens (including phenoxy) is 1. The first-order chi connectivity index (χ1) is 9.22. The van der Waals surface area contributed by atoms with E-state index in [9.17, 15) is 0 Å². The van der Waals surface area contributed by atoms with Crippen molar-refractivity contribution in [1.82, 2.24) is 4.98 Å². The number of nitrogens with zero attached hydrogens (tertiary/aromatic N) is 1. The third kappa shape index (κ3) is 3.46. The number of nitrogens with two attached hydrogens (primary N) is 1. The van der Waals surface area contributed by atoms with E-state index in [0.717, 1.165) is 23.3 Å². The van der Waals surface area contributed by atoms with Crippen LogP contribution >= 0.6 is 11.6 Å². The van der Waals surface area contributed by atoms with Crippen molar-refractivity contribution in [1.29, 1.82) is 0 Å². The molecular formula is C15H17ClN2O. The smallest absolute Gasteiger partial charge is 0.124 e. The zero-order chi connectivity index (χ0) is 13.7. The number of halogens is 1. The second-order valence-corrected chi connectivity index (χ2v) is 4.72. The molecule has 0 saturated heterocycles. The Morgan fingerprint density at radius 2 is 2.11 bits per heavy atom. The van der Waals surface area contributed by atoms with Gasteiger partial charge in [-0.3, -0.25) is 4.98 Å². The molecule has 2 aromatic rings. The van der Waals surface area contributed by atoms with Crippen LogP contribution in [0, 0.1) is 0 Å². The lowest BCUT2D eigenvalue weighted by Gasteiger charge is -2.15. The summed E-state index contributed by atoms with van der Waals surface area (Å²) in [6, 6.07) is 9.68. The van der Waals surface area contributed by atoms with E-state index in [0.29, 0.717) is 11.6 Å². The van der Waals surface area contributed by atoms with E-state index < -0.39 is 0 Å². The first-order valence-corrected chi connectivity index (χ1v) is 6.66. The van der Waals surface area contributed by atoms with Gasteiger partial charge in [0.25, 0.3) is 0 Å². The average molecular weight is 277 g/mol. The molecule has 4 heteroatoms. The maximum Gasteiger partial charge on any atom is 0.124 e. The molecule has 0 radical (unpaired) electrons. The monoisotopic (exact) mass is 276 g/mol. The van der Waals surface area contributed by atoms with E-state index in [2.05, 4.69) is 11.9 Å². The fourth-order valence-electron chi connectivity index (χ4n) is 1.81. The Morgan fingerprint density at radius 1 is 1.32 bits per heavy atom. The molecule has 19 heavy (non-hydrogen) atoms. The van der Waals surface area contributed by atoms with Gasteiger partial charge in [-0.15, -0.1) is 0 Å². The van der Waals surface area contributed by atoms with Crippen molar-refractivity contribution in [3.8, 4) is 5.75 Å². The fourth-order valence-corrected chi connectivity index (χ4v) is 1.99. The minimum Gasteiger partial charge on any atom is -0.489 e. The summed E-state index contributed by atoms with van der Waals surface area (Å²) >= 11 is 6.05. The van der Waals surface area contributed by atoms with Gasteiger partial charge in [0, 0.05) is 29.6 Å². The normalized spacial score (nSPS) is 12.2. The zero-order valence-electron chi connectivity index (χ0n) is 10.8. The number of hydrogen-bond donors (Lipinski definition) is 1. The first-order valence-electron chi connectivity index (χ1n) is 6.28. The molecule has 0 spiro atoms. The van der Waals surface area contributed by atoms with Crippen LogP contribution < -0.4 is 10.5 Å². The Morgan fingerprint density at radius 3 is 2.84 bits per heavy atom. The molecule has 1 atom stereocenters. The molecule has 0 aliphatic heterocycles. The maximum absolute atomic E-state index is 6.08. The molecule has 3 nitrogen and oxygen atoms in total. The van der Waals surface area contributed by atoms with Crippen molar-refractivity contribution in [2.75, 3.05) is 0 Å². The summed E-state index contributed by atoms with van der Waals surface area (Å²) in [7, 11) is 0. The third-order valence-corrected chi connectivity index (χ3v) is 3.34. The van der Waals surface area contributed by atoms with E-state index in [1.807, 2.05) is 30.3 Å². The van der Waals surface area contributed by atoms with Crippen molar-refractivity contribution in [3.05, 3.63) is 58.9 Å². The molecule has 2 N–H and O–H groups in total. The summed E-state index contributed by atoms with van der Waals surface area (Å²) in [5.74, 6) is 0.810. The van der Waals surface area contributed by atoms with Crippen LogP contribution in [0.5, 0.6) is 5.75 Å². The van der Waals surface area contributed by atoms with Crippen LogP contribution in [0.2, 0.25) is 5.02 Å². The highest BCUT2D eigenvalue weighted by atomic mass is 35.5. The van der Waals surface area contributed by atoms with E-state index in [1.165, 1.54) is 0 Å². The number of para-hydroxylation sites is 1. The summed E-state index contributed by atoms with van der Waals surface area (Å²) in [4.78, 5) is 3.95. The van der Waals surface area contributed by atoms with Crippen LogP contribution in [0.4, 0.5) is 0 Å². The molecule has 1 aromatic carbocycles. The highest BCUT2D eigenvalue weighted by Gasteiger charge is 2.10. The van der Waals surface area contributed by atoms with Gasteiger partial charge < -0.3 is 10.5 Å². The second-order valence-electron chi connectivity index (χ2n) is 4.31. The molecule has 100 valence electrons. The topological polar surface area (TPSA) is 48.1 Å². The minimum atomic E-state index is -0.0101. The summed E-state index contributed by atoms with van der Waals surface area (Å²) in [5, 5.41) is 0.611. The Kier molecular flexibility index (Phi) is 4.77. The van der Waals surface area contributed by atoms with Crippen LogP contribution in [0.25, 0.3) is 0 Å². The van der Waals surface area contributed by atoms with E-state index >= 15 is 0 Å². The van der Waals surface area contributed by atoms with Crippen LogP contribution in [0.15, 0.2) is 42.7 Å². The summed E-state index contributed by atoms with van der Waals surface area (Å²) in [6.45, 7) is 2.47. The lowest BCUT2D eigenvalue weighted by molar-refractivity contribution is 0.300. The quantitative estimate of drug-likeness (QED) is 0.905. The number of aromatic nitrogens is 1. The largest absolute Gasteiger partial charge is 0.489 e. The van der Waals surface area contributed by atoms with Crippen molar-refractivity contribution in [3.63, 3.8) is 0 Å². The van der Waals surface area contributed by atoms with Crippen molar-refractivity contribution >= 4 is 11.6 Å². The van der Waals surface area contributed by atoms with E-state index in [-0.39, 0.29) is 6.04 Å². The predicted molar refractivity (Wildman–Crippen MR) is 77.2 cm³/mol. The number of hydrogen-bond acceptors (Lipinski definition) is 3. The standard InChI is InChI=1S/C15H17ClN2O/c1-2-14(17)12-5-3-4-6-15(12)19-10-11-7-8-18-9-13(11)16/h3-9,14H,2,10,17H2,1H3/t14-/m0/s1. The van der Waals surface area contributed by atoms with Crippen LogP contribution in [0.3, 0.4) is 0 Å². The molecule has 0 bridgehead atoms. The molecular weight excluding hydrogens is 260 g/mol. The van der Waals surface area contributed by atoms with Gasteiger partial charge in [0.1, 0.15) is 12.4 Å². The fraction of sp³-hybridized carbons (Fsp3) is 0.267. The molecule has 0 amide bonds. The summed E-state index contributed by atoms with van der Waals surface area (Å²) < 4.78 is 5.83. The number of benzene rings is 1. The van der Waals surface area contributed by atoms with E-state index in [4.69, 9.17) is 22.1 Å². The average Bonchev–Trinajstić information content (AvgIpc) is 2.46. The minimum absolute atomic E-state index is 0.0101. The van der Waals surface area contributed by atoms with Crippen LogP contribution in [0.1, 0.15) is 30.5 Å². The van der Waals surface area contributed by atoms with Crippen LogP contribution in [-0.4, -0.2) is 4.98 Å². The van der Waals surface area contributed by atoms with Gasteiger partial charge in [0.2, 0.25) is 0 Å². The number of pyridine rings is 1. The molecule has 1 aromatic heterocycles. The van der Waals surface area contributed by atoms with Gasteiger partial charge in [0.15, 0.2) is 0 Å². The first kappa shape index (κ1) is 13.8. The molecule has 0 saturated carbocycles. The Balaban J connectivity index is 2.14. The molecule has 1 heterocycles. The Hall–Kier alpha value is -1.58. The van der Waals surface area contributed by atoms with Crippen molar-refractivity contribution in [2.45, 2.75) is 26.0 Å². The van der Waals surface area contributed by atoms with Gasteiger partial charge >= 0.3 is 0 Å². The maximum atomic E-state index is 6.08. The van der Waals surface area contributed by atoms with Gasteiger partial charge in [-0.25, -0.2) is 0 Å². The SMILES string of the molecule is CC[C@H](N)c1ccccc1OCc1ccncc1Cl. The van der Waals surface area contributed by atoms with Gasteiger partial charge in [-0.1, -0.05) is 36.7 Å². The summed E-state index contributed by atoms with van der Waals surface area (Å²) in [5.41, 5.74) is 8.01. The van der Waals surface area contributed by atoms with Gasteiger partial charge in [-0.05, 0) is 18.6 Å². The molecule has 0 aliphatic rings. The molecule has 0 fully saturated rings. The highest BCUT2D eigenvalue weighted by Crippen LogP contribution is 2.26. The number of rotatable bonds is 5. The zero-order valence-corrected chi connectivity index (χ0v) is 11.6. The second kappa shape index (κ2) is 6.55. The van der Waals surface area contributed by atoms with Gasteiger partial charge in [0.05, 0.1) is 5.02 Å². The third-order valence-electron chi connectivity index (χ3n) is 3.00.